The molecule has 16 heavy (non-hydrogen) atoms. The molecule has 0 fully saturated rings. The van der Waals surface area contributed by atoms with Gasteiger partial charge in [0.1, 0.15) is 0 Å². The van der Waals surface area contributed by atoms with Gasteiger partial charge in [0.05, 0.1) is 0 Å². The lowest BCUT2D eigenvalue weighted by atomic mass is 9.86. The van der Waals surface area contributed by atoms with Gasteiger partial charge >= 0.3 is 0 Å². The zero-order valence-electron chi connectivity index (χ0n) is 10.5. The molecule has 0 saturated heterocycles. The molecule has 0 aromatic carbocycles. The molecule has 2 nitrogen and oxygen atoms in total. The Morgan fingerprint density at radius 1 is 0.625 bits per heavy atom. The second-order valence-electron chi connectivity index (χ2n) is 4.80. The molecule has 0 aromatic rings. The van der Waals surface area contributed by atoms with Gasteiger partial charge in [-0.25, -0.2) is 0 Å². The van der Waals surface area contributed by atoms with E-state index in [9.17, 15) is 0 Å². The minimum atomic E-state index is 0.480. The maximum Gasteiger partial charge on any atom is 0.00857 e. The first kappa shape index (κ1) is 11.1. The second kappa shape index (κ2) is 4.20. The molecule has 0 unspecified atom stereocenters. The molecule has 2 aliphatic heterocycles. The van der Waals surface area contributed by atoms with Crippen LogP contribution in [0.2, 0.25) is 0 Å². The summed E-state index contributed by atoms with van der Waals surface area (Å²) in [5.74, 6) is 0.960. The molecule has 0 saturated carbocycles. The molecule has 0 spiro atoms. The van der Waals surface area contributed by atoms with Crippen LogP contribution in [0.15, 0.2) is 47.1 Å². The van der Waals surface area contributed by atoms with Crippen molar-refractivity contribution in [2.24, 2.45) is 11.8 Å². The van der Waals surface area contributed by atoms with Crippen LogP contribution in [0.3, 0.4) is 0 Å². The Bertz CT molecular complexity index is 334. The molecule has 0 aliphatic carbocycles. The fraction of sp³-hybridized carbons (Fsp3) is 0.429. The van der Waals surface area contributed by atoms with E-state index in [4.69, 9.17) is 0 Å². The molecule has 0 aromatic heterocycles. The van der Waals surface area contributed by atoms with Crippen molar-refractivity contribution in [2.45, 2.75) is 27.7 Å². The van der Waals surface area contributed by atoms with Crippen LogP contribution >= 0.6 is 0 Å². The maximum absolute atomic E-state index is 3.34. The van der Waals surface area contributed by atoms with Gasteiger partial charge in [-0.1, -0.05) is 24.3 Å². The molecular weight excluding hydrogens is 196 g/mol. The van der Waals surface area contributed by atoms with Crippen molar-refractivity contribution in [1.29, 1.82) is 0 Å². The Balaban J connectivity index is 2.24. The highest BCUT2D eigenvalue weighted by molar-refractivity contribution is 5.28. The van der Waals surface area contributed by atoms with Crippen molar-refractivity contribution in [3.8, 4) is 0 Å². The van der Waals surface area contributed by atoms with E-state index in [2.05, 4.69) is 62.6 Å². The summed E-state index contributed by atoms with van der Waals surface area (Å²) in [6, 6.07) is 0. The first-order valence-corrected chi connectivity index (χ1v) is 5.82. The average molecular weight is 216 g/mol. The van der Waals surface area contributed by atoms with Gasteiger partial charge in [-0.05, 0) is 27.7 Å². The monoisotopic (exact) mass is 216 g/mol. The summed E-state index contributed by atoms with van der Waals surface area (Å²) >= 11 is 0. The molecule has 2 aliphatic rings. The molecule has 0 radical (unpaired) electrons. The summed E-state index contributed by atoms with van der Waals surface area (Å²) in [5, 5.41) is 6.67. The third kappa shape index (κ3) is 2.38. The van der Waals surface area contributed by atoms with Crippen molar-refractivity contribution < 1.29 is 0 Å². The van der Waals surface area contributed by atoms with E-state index in [0.717, 1.165) is 0 Å². The minimum Gasteiger partial charge on any atom is -0.363 e. The third-order valence-corrected chi connectivity index (χ3v) is 3.00. The molecule has 2 heterocycles. The molecule has 0 atom stereocenters. The first-order valence-electron chi connectivity index (χ1n) is 5.82. The molecule has 2 N–H and O–H groups in total. The van der Waals surface area contributed by atoms with E-state index < -0.39 is 0 Å². The van der Waals surface area contributed by atoms with E-state index >= 15 is 0 Å². The van der Waals surface area contributed by atoms with Gasteiger partial charge in [0, 0.05) is 34.6 Å². The Morgan fingerprint density at radius 2 is 0.875 bits per heavy atom. The topological polar surface area (TPSA) is 24.1 Å². The quantitative estimate of drug-likeness (QED) is 0.704. The van der Waals surface area contributed by atoms with Gasteiger partial charge in [-0.3, -0.25) is 0 Å². The fourth-order valence-electron chi connectivity index (χ4n) is 2.48. The summed E-state index contributed by atoms with van der Waals surface area (Å²) in [5.41, 5.74) is 5.00. The number of allylic oxidation sites excluding steroid dienone is 8. The van der Waals surface area contributed by atoms with Gasteiger partial charge in [0.2, 0.25) is 0 Å². The number of rotatable bonds is 1. The average Bonchev–Trinajstić information content (AvgIpc) is 2.14. The molecule has 2 rings (SSSR count). The van der Waals surface area contributed by atoms with Crippen molar-refractivity contribution in [2.75, 3.05) is 0 Å². The highest BCUT2D eigenvalue weighted by Gasteiger charge is 2.19. The van der Waals surface area contributed by atoms with Gasteiger partial charge in [-0.2, -0.15) is 0 Å². The standard InChI is InChI=1S/C14H20N2/c1-9-5-13(6-10(2)15-9)14-7-11(3)16-12(4)8-14/h5-8,13-16H,1-4H3. The molecular formula is C14H20N2. The van der Waals surface area contributed by atoms with Crippen LogP contribution in [0.1, 0.15) is 27.7 Å². The van der Waals surface area contributed by atoms with Crippen molar-refractivity contribution in [1.82, 2.24) is 10.6 Å². The van der Waals surface area contributed by atoms with Crippen LogP contribution in [0.4, 0.5) is 0 Å². The van der Waals surface area contributed by atoms with Crippen LogP contribution in [0, 0.1) is 11.8 Å². The van der Waals surface area contributed by atoms with Crippen LogP contribution in [0.5, 0.6) is 0 Å². The van der Waals surface area contributed by atoms with Crippen molar-refractivity contribution in [3.63, 3.8) is 0 Å². The van der Waals surface area contributed by atoms with Crippen LogP contribution in [-0.2, 0) is 0 Å². The smallest absolute Gasteiger partial charge is 0.00857 e. The van der Waals surface area contributed by atoms with E-state index in [1.165, 1.54) is 22.8 Å². The molecule has 86 valence electrons. The predicted octanol–water partition coefficient (Wildman–Crippen LogP) is 3.04. The van der Waals surface area contributed by atoms with Gasteiger partial charge in [-0.15, -0.1) is 0 Å². The zero-order chi connectivity index (χ0) is 11.7. The highest BCUT2D eigenvalue weighted by Crippen LogP contribution is 2.27. The SMILES string of the molecule is CC1=CC(C2C=C(C)NC(C)=C2)C=C(C)N1. The minimum absolute atomic E-state index is 0.480. The summed E-state index contributed by atoms with van der Waals surface area (Å²) in [6.45, 7) is 8.49. The van der Waals surface area contributed by atoms with E-state index in [0.29, 0.717) is 11.8 Å². The largest absolute Gasteiger partial charge is 0.363 e. The van der Waals surface area contributed by atoms with Gasteiger partial charge in [0.25, 0.3) is 0 Å². The lowest BCUT2D eigenvalue weighted by Crippen LogP contribution is -2.23. The number of hydrogen-bond donors (Lipinski definition) is 2. The fourth-order valence-corrected chi connectivity index (χ4v) is 2.48. The summed E-state index contributed by atoms with van der Waals surface area (Å²) in [6.07, 6.45) is 9.21. The molecule has 0 amide bonds. The third-order valence-electron chi connectivity index (χ3n) is 3.00. The Kier molecular flexibility index (Phi) is 2.90. The Morgan fingerprint density at radius 3 is 1.12 bits per heavy atom. The number of hydrogen-bond acceptors (Lipinski definition) is 2. The van der Waals surface area contributed by atoms with Crippen LogP contribution < -0.4 is 10.6 Å². The summed E-state index contributed by atoms with van der Waals surface area (Å²) in [7, 11) is 0. The van der Waals surface area contributed by atoms with Crippen molar-refractivity contribution >= 4 is 0 Å². The first-order chi connectivity index (χ1) is 7.54. The number of dihydropyridines is 2. The summed E-state index contributed by atoms with van der Waals surface area (Å²) < 4.78 is 0. The van der Waals surface area contributed by atoms with Crippen molar-refractivity contribution in [3.05, 3.63) is 47.1 Å². The normalized spacial score (nSPS) is 22.5. The van der Waals surface area contributed by atoms with Crippen LogP contribution in [-0.4, -0.2) is 0 Å². The van der Waals surface area contributed by atoms with Crippen LogP contribution in [0.25, 0.3) is 0 Å². The Hall–Kier alpha value is -1.44. The molecule has 2 heteroatoms. The number of nitrogens with one attached hydrogen (secondary N) is 2. The van der Waals surface area contributed by atoms with E-state index in [-0.39, 0.29) is 0 Å². The maximum atomic E-state index is 3.34. The lowest BCUT2D eigenvalue weighted by Gasteiger charge is -2.27. The van der Waals surface area contributed by atoms with Gasteiger partial charge in [0.15, 0.2) is 0 Å². The highest BCUT2D eigenvalue weighted by atomic mass is 14.9. The Labute approximate surface area is 97.8 Å². The molecule has 0 bridgehead atoms. The summed E-state index contributed by atoms with van der Waals surface area (Å²) in [4.78, 5) is 0. The van der Waals surface area contributed by atoms with E-state index in [1.807, 2.05) is 0 Å². The predicted molar refractivity (Wildman–Crippen MR) is 68.3 cm³/mol. The van der Waals surface area contributed by atoms with Gasteiger partial charge < -0.3 is 10.6 Å². The zero-order valence-corrected chi connectivity index (χ0v) is 10.5. The van der Waals surface area contributed by atoms with E-state index in [1.54, 1.807) is 0 Å². The lowest BCUT2D eigenvalue weighted by molar-refractivity contribution is 0.615. The second-order valence-corrected chi connectivity index (χ2v) is 4.80.